The van der Waals surface area contributed by atoms with Crippen LogP contribution >= 0.6 is 11.8 Å². The quantitative estimate of drug-likeness (QED) is 0.563. The van der Waals surface area contributed by atoms with Gasteiger partial charge in [-0.3, -0.25) is 14.7 Å². The minimum Gasteiger partial charge on any atom is -0.286 e. The Morgan fingerprint density at radius 2 is 1.79 bits per heavy atom. The van der Waals surface area contributed by atoms with Crippen molar-refractivity contribution in [3.8, 4) is 0 Å². The molecule has 2 aromatic rings. The van der Waals surface area contributed by atoms with Crippen molar-refractivity contribution < 1.29 is 26.4 Å². The van der Waals surface area contributed by atoms with Gasteiger partial charge in [-0.05, 0) is 35.9 Å². The molecule has 0 spiro atoms. The first-order chi connectivity index (χ1) is 15.6. The summed E-state index contributed by atoms with van der Waals surface area (Å²) in [5, 5.41) is 0.428. The molecular formula is C22H24F3N3O3S2. The van der Waals surface area contributed by atoms with Crippen molar-refractivity contribution in [2.24, 2.45) is 4.99 Å². The number of sulfonamides is 1. The molecule has 178 valence electrons. The van der Waals surface area contributed by atoms with Gasteiger partial charge in [0.25, 0.3) is 5.91 Å². The molecule has 0 atom stereocenters. The number of carbonyl (C=O) groups is 1. The fraction of sp³-hybridized carbons (Fsp3) is 0.364. The van der Waals surface area contributed by atoms with Gasteiger partial charge in [0.15, 0.2) is 5.17 Å². The summed E-state index contributed by atoms with van der Waals surface area (Å²) in [6.07, 6.45) is -4.42. The summed E-state index contributed by atoms with van der Waals surface area (Å²) in [7, 11) is -3.63. The van der Waals surface area contributed by atoms with Gasteiger partial charge in [-0.15, -0.1) is 0 Å². The Bertz CT molecular complexity index is 1130. The van der Waals surface area contributed by atoms with Gasteiger partial charge in [0.2, 0.25) is 10.0 Å². The van der Waals surface area contributed by atoms with Crippen molar-refractivity contribution in [3.63, 3.8) is 0 Å². The second-order valence-corrected chi connectivity index (χ2v) is 10.1. The lowest BCUT2D eigenvalue weighted by molar-refractivity contribution is -0.137. The number of rotatable bonds is 7. The lowest BCUT2D eigenvalue weighted by Gasteiger charge is -2.20. The summed E-state index contributed by atoms with van der Waals surface area (Å²) in [6, 6.07) is 10.8. The van der Waals surface area contributed by atoms with E-state index in [1.54, 1.807) is 19.9 Å². The Morgan fingerprint density at radius 1 is 1.12 bits per heavy atom. The van der Waals surface area contributed by atoms with Crippen LogP contribution in [0.15, 0.2) is 58.4 Å². The van der Waals surface area contributed by atoms with Crippen molar-refractivity contribution in [1.82, 2.24) is 9.21 Å². The zero-order valence-corrected chi connectivity index (χ0v) is 19.8. The van der Waals surface area contributed by atoms with Crippen LogP contribution < -0.4 is 0 Å². The zero-order chi connectivity index (χ0) is 24.2. The SMILES string of the molecule is CCN(CC)S(=O)(=O)c1ccc(C(=O)N2CCN=C2SCc2cccc(C(F)(F)F)c2)cc1. The number of benzene rings is 2. The lowest BCUT2D eigenvalue weighted by atomic mass is 10.1. The summed E-state index contributed by atoms with van der Waals surface area (Å²) >= 11 is 1.19. The maximum absolute atomic E-state index is 13.0. The minimum absolute atomic E-state index is 0.108. The summed E-state index contributed by atoms with van der Waals surface area (Å²) in [6.45, 7) is 4.94. The average molecular weight is 500 g/mol. The molecule has 3 rings (SSSR count). The number of hydrogen-bond acceptors (Lipinski definition) is 5. The van der Waals surface area contributed by atoms with Crippen molar-refractivity contribution in [2.45, 2.75) is 30.7 Å². The predicted octanol–water partition coefficient (Wildman–Crippen LogP) is 4.48. The van der Waals surface area contributed by atoms with Crippen LogP contribution in [0.1, 0.15) is 35.3 Å². The van der Waals surface area contributed by atoms with Crippen LogP contribution in [0.4, 0.5) is 13.2 Å². The number of carbonyl (C=O) groups excluding carboxylic acids is 1. The largest absolute Gasteiger partial charge is 0.416 e. The first-order valence-electron chi connectivity index (χ1n) is 10.3. The molecule has 0 aliphatic carbocycles. The fourth-order valence-corrected chi connectivity index (χ4v) is 5.81. The van der Waals surface area contributed by atoms with Gasteiger partial charge in [-0.25, -0.2) is 8.42 Å². The maximum atomic E-state index is 13.0. The number of hydrogen-bond donors (Lipinski definition) is 0. The van der Waals surface area contributed by atoms with Gasteiger partial charge in [0.1, 0.15) is 0 Å². The highest BCUT2D eigenvalue weighted by molar-refractivity contribution is 8.13. The molecule has 1 aliphatic rings. The monoisotopic (exact) mass is 499 g/mol. The van der Waals surface area contributed by atoms with Crippen molar-refractivity contribution in [1.29, 1.82) is 0 Å². The second-order valence-electron chi connectivity index (χ2n) is 7.22. The summed E-state index contributed by atoms with van der Waals surface area (Å²) < 4.78 is 65.4. The standard InChI is InChI=1S/C22H24F3N3O3S2/c1-3-27(4-2)33(30,31)19-10-8-17(9-11-19)20(29)28-13-12-26-21(28)32-15-16-6-5-7-18(14-16)22(23,24)25/h5-11,14H,3-4,12-13,15H2,1-2H3. The van der Waals surface area contributed by atoms with E-state index >= 15 is 0 Å². The average Bonchev–Trinajstić information content (AvgIpc) is 3.26. The third kappa shape index (κ3) is 5.77. The lowest BCUT2D eigenvalue weighted by Crippen LogP contribution is -2.33. The van der Waals surface area contributed by atoms with Crippen molar-refractivity contribution in [2.75, 3.05) is 26.2 Å². The number of aliphatic imine (C=N–C) groups is 1. The van der Waals surface area contributed by atoms with E-state index in [-0.39, 0.29) is 16.6 Å². The first-order valence-corrected chi connectivity index (χ1v) is 12.8. The topological polar surface area (TPSA) is 70.1 Å². The number of amides is 1. The summed E-state index contributed by atoms with van der Waals surface area (Å²) in [4.78, 5) is 18.9. The molecule has 11 heteroatoms. The molecule has 1 heterocycles. The Balaban J connectivity index is 1.70. The van der Waals surface area contributed by atoms with E-state index in [4.69, 9.17) is 0 Å². The predicted molar refractivity (Wildman–Crippen MR) is 123 cm³/mol. The Hall–Kier alpha value is -2.37. The Labute approximate surface area is 195 Å². The molecule has 2 aromatic carbocycles. The number of alkyl halides is 3. The summed E-state index contributed by atoms with van der Waals surface area (Å²) in [5.41, 5.74) is 0.0622. The van der Waals surface area contributed by atoms with Crippen LogP contribution in [0.3, 0.4) is 0 Å². The molecule has 0 bridgehead atoms. The molecule has 0 fully saturated rings. The maximum Gasteiger partial charge on any atom is 0.416 e. The van der Waals surface area contributed by atoms with Gasteiger partial charge in [-0.1, -0.05) is 43.8 Å². The summed E-state index contributed by atoms with van der Waals surface area (Å²) in [5.74, 6) is -0.109. The van der Waals surface area contributed by atoms with Crippen LogP contribution in [0.25, 0.3) is 0 Å². The highest BCUT2D eigenvalue weighted by atomic mass is 32.2. The Morgan fingerprint density at radius 3 is 2.39 bits per heavy atom. The number of nitrogens with zero attached hydrogens (tertiary/aromatic N) is 3. The molecule has 0 saturated heterocycles. The smallest absolute Gasteiger partial charge is 0.286 e. The van der Waals surface area contributed by atoms with Gasteiger partial charge in [-0.2, -0.15) is 17.5 Å². The third-order valence-electron chi connectivity index (χ3n) is 5.11. The number of amidine groups is 1. The van der Waals surface area contributed by atoms with E-state index in [0.717, 1.165) is 12.1 Å². The van der Waals surface area contributed by atoms with E-state index in [2.05, 4.69) is 4.99 Å². The van der Waals surface area contributed by atoms with E-state index in [0.29, 0.717) is 42.5 Å². The van der Waals surface area contributed by atoms with E-state index in [1.165, 1.54) is 51.3 Å². The zero-order valence-electron chi connectivity index (χ0n) is 18.2. The van der Waals surface area contributed by atoms with Crippen LogP contribution in [0.2, 0.25) is 0 Å². The molecule has 0 radical (unpaired) electrons. The van der Waals surface area contributed by atoms with Crippen molar-refractivity contribution in [3.05, 3.63) is 65.2 Å². The minimum atomic E-state index is -4.42. The number of halogens is 3. The second kappa shape index (κ2) is 10.3. The first kappa shape index (κ1) is 25.3. The van der Waals surface area contributed by atoms with Gasteiger partial charge < -0.3 is 0 Å². The third-order valence-corrected chi connectivity index (χ3v) is 8.26. The highest BCUT2D eigenvalue weighted by Crippen LogP contribution is 2.31. The highest BCUT2D eigenvalue weighted by Gasteiger charge is 2.31. The number of thioether (sulfide) groups is 1. The molecular weight excluding hydrogens is 475 g/mol. The van der Waals surface area contributed by atoms with Crippen LogP contribution in [-0.4, -0.2) is 54.9 Å². The molecule has 1 amide bonds. The van der Waals surface area contributed by atoms with Gasteiger partial charge in [0, 0.05) is 31.0 Å². The molecule has 0 saturated carbocycles. The van der Waals surface area contributed by atoms with E-state index in [1.807, 2.05) is 0 Å². The van der Waals surface area contributed by atoms with Gasteiger partial charge >= 0.3 is 6.18 Å². The molecule has 1 aliphatic heterocycles. The molecule has 6 nitrogen and oxygen atoms in total. The fourth-order valence-electron chi connectivity index (χ4n) is 3.36. The van der Waals surface area contributed by atoms with E-state index in [9.17, 15) is 26.4 Å². The molecule has 33 heavy (non-hydrogen) atoms. The van der Waals surface area contributed by atoms with Crippen LogP contribution in [0, 0.1) is 0 Å². The Kier molecular flexibility index (Phi) is 7.86. The van der Waals surface area contributed by atoms with E-state index < -0.39 is 21.8 Å². The molecule has 0 N–H and O–H groups in total. The van der Waals surface area contributed by atoms with Crippen molar-refractivity contribution >= 4 is 32.9 Å². The van der Waals surface area contributed by atoms with Gasteiger partial charge in [0.05, 0.1) is 17.0 Å². The molecule has 0 aromatic heterocycles. The van der Waals surface area contributed by atoms with Crippen LogP contribution in [0.5, 0.6) is 0 Å². The molecule has 0 unspecified atom stereocenters. The van der Waals surface area contributed by atoms with Crippen LogP contribution in [-0.2, 0) is 22.0 Å². The normalized spacial score (nSPS) is 14.6.